The maximum Gasteiger partial charge on any atom is 0.293 e. The number of hydrogen-bond donors (Lipinski definition) is 1. The van der Waals surface area contributed by atoms with Crippen molar-refractivity contribution in [2.24, 2.45) is 22.7 Å². The van der Waals surface area contributed by atoms with E-state index in [2.05, 4.69) is 26.5 Å². The Morgan fingerprint density at radius 3 is 2.83 bits per heavy atom. The van der Waals surface area contributed by atoms with E-state index < -0.39 is 17.1 Å². The zero-order chi connectivity index (χ0) is 21.7. The first kappa shape index (κ1) is 21.2. The van der Waals surface area contributed by atoms with E-state index in [4.69, 9.17) is 4.74 Å². The van der Waals surface area contributed by atoms with Crippen molar-refractivity contribution in [3.05, 3.63) is 36.0 Å². The largest absolute Gasteiger partial charge is 0.456 e. The second kappa shape index (κ2) is 7.30. The van der Waals surface area contributed by atoms with Crippen LogP contribution >= 0.6 is 0 Å². The summed E-state index contributed by atoms with van der Waals surface area (Å²) >= 11 is 0. The lowest BCUT2D eigenvalue weighted by atomic mass is 9.50. The molecule has 2 saturated carbocycles. The maximum absolute atomic E-state index is 13.0. The van der Waals surface area contributed by atoms with E-state index in [-0.39, 0.29) is 28.8 Å². The van der Waals surface area contributed by atoms with Crippen LogP contribution in [0.5, 0.6) is 0 Å². The molecule has 0 radical (unpaired) electrons. The number of aliphatic hydroxyl groups is 1. The van der Waals surface area contributed by atoms with Crippen LogP contribution in [-0.4, -0.2) is 34.9 Å². The minimum Gasteiger partial charge on any atom is -0.456 e. The highest BCUT2D eigenvalue weighted by Crippen LogP contribution is 2.65. The lowest BCUT2D eigenvalue weighted by Crippen LogP contribution is -2.55. The molecule has 30 heavy (non-hydrogen) atoms. The molecule has 2 fully saturated rings. The van der Waals surface area contributed by atoms with E-state index in [1.54, 1.807) is 12.2 Å². The van der Waals surface area contributed by atoms with Crippen LogP contribution < -0.4 is 0 Å². The summed E-state index contributed by atoms with van der Waals surface area (Å²) in [5, 5.41) is 11.5. The van der Waals surface area contributed by atoms with Gasteiger partial charge < -0.3 is 9.84 Å². The number of fused-ring (bicyclic) bond motifs is 5. The molecule has 5 nitrogen and oxygen atoms in total. The molecule has 0 aliphatic heterocycles. The van der Waals surface area contributed by atoms with Gasteiger partial charge >= 0.3 is 0 Å². The Bertz CT molecular complexity index is 854. The highest BCUT2D eigenvalue weighted by atomic mass is 16.5. The highest BCUT2D eigenvalue weighted by Gasteiger charge is 2.64. The monoisotopic (exact) mass is 412 g/mol. The van der Waals surface area contributed by atoms with Crippen molar-refractivity contribution < 1.29 is 24.2 Å². The molecular weight excluding hydrogens is 380 g/mol. The third kappa shape index (κ3) is 2.81. The van der Waals surface area contributed by atoms with Gasteiger partial charge in [0.25, 0.3) is 6.47 Å². The molecule has 5 heteroatoms. The van der Waals surface area contributed by atoms with Crippen LogP contribution in [0.15, 0.2) is 36.0 Å². The summed E-state index contributed by atoms with van der Waals surface area (Å²) in [5.41, 5.74) is 0.363. The van der Waals surface area contributed by atoms with Gasteiger partial charge in [-0.3, -0.25) is 14.4 Å². The molecule has 0 amide bonds. The number of Topliss-reactive ketones (excluding diaryl/α,β-unsaturated/α-hetero) is 1. The number of hydrogen-bond acceptors (Lipinski definition) is 5. The van der Waals surface area contributed by atoms with Crippen LogP contribution in [0.2, 0.25) is 0 Å². The number of ketones is 2. The zero-order valence-electron chi connectivity index (χ0n) is 18.0. The summed E-state index contributed by atoms with van der Waals surface area (Å²) in [7, 11) is 0. The maximum atomic E-state index is 13.0. The lowest BCUT2D eigenvalue weighted by Gasteiger charge is -2.55. The topological polar surface area (TPSA) is 80.7 Å². The average Bonchev–Trinajstić information content (AvgIpc) is 2.99. The van der Waals surface area contributed by atoms with Gasteiger partial charge in [-0.1, -0.05) is 37.1 Å². The summed E-state index contributed by atoms with van der Waals surface area (Å²) in [6, 6.07) is 0. The Morgan fingerprint density at radius 1 is 1.37 bits per heavy atom. The summed E-state index contributed by atoms with van der Waals surface area (Å²) < 4.78 is 5.10. The molecule has 0 aromatic carbocycles. The predicted molar refractivity (Wildman–Crippen MR) is 112 cm³/mol. The minimum absolute atomic E-state index is 0.0606. The standard InChI is InChI=1S/C25H32O5/c1-4-5-6-22(28)25(29)12-10-19-17-8-7-16-13-20(27)21(30-15-26)14-23(16,2)18(17)9-11-24(19,25)3/h4,9,13,15,17,19,21,29H,1,5-8,10-12,14H2,2-3H3/t17-,19+,21?,23+,24+,25+/m1/s1. The first-order chi connectivity index (χ1) is 14.2. The Morgan fingerprint density at radius 2 is 2.13 bits per heavy atom. The first-order valence-corrected chi connectivity index (χ1v) is 11.1. The van der Waals surface area contributed by atoms with E-state index >= 15 is 0 Å². The molecule has 1 N–H and O–H groups in total. The molecule has 0 bridgehead atoms. The number of carbonyl (C=O) groups is 3. The minimum atomic E-state index is -1.29. The van der Waals surface area contributed by atoms with Crippen molar-refractivity contribution in [2.75, 3.05) is 0 Å². The van der Waals surface area contributed by atoms with Gasteiger partial charge in [0, 0.05) is 23.7 Å². The molecular formula is C25H32O5. The van der Waals surface area contributed by atoms with Crippen LogP contribution in [0.4, 0.5) is 0 Å². The molecule has 0 spiro atoms. The van der Waals surface area contributed by atoms with E-state index in [1.165, 1.54) is 5.57 Å². The molecule has 4 aliphatic rings. The van der Waals surface area contributed by atoms with Crippen LogP contribution in [-0.2, 0) is 19.1 Å². The van der Waals surface area contributed by atoms with Crippen molar-refractivity contribution in [3.63, 3.8) is 0 Å². The normalized spacial score (nSPS) is 42.2. The van der Waals surface area contributed by atoms with Crippen molar-refractivity contribution in [2.45, 2.75) is 76.9 Å². The lowest BCUT2D eigenvalue weighted by molar-refractivity contribution is -0.152. The average molecular weight is 413 g/mol. The third-order valence-electron chi connectivity index (χ3n) is 8.77. The van der Waals surface area contributed by atoms with Gasteiger partial charge in [0.15, 0.2) is 17.7 Å². The summed E-state index contributed by atoms with van der Waals surface area (Å²) in [5.74, 6) is 0.320. The Balaban J connectivity index is 1.69. The number of rotatable bonds is 6. The fourth-order valence-corrected chi connectivity index (χ4v) is 6.99. The molecule has 0 aromatic rings. The van der Waals surface area contributed by atoms with Crippen LogP contribution in [0.3, 0.4) is 0 Å². The molecule has 6 atom stereocenters. The molecule has 0 aromatic heterocycles. The van der Waals surface area contributed by atoms with E-state index in [0.29, 0.717) is 38.6 Å². The van der Waals surface area contributed by atoms with E-state index in [9.17, 15) is 19.5 Å². The number of carbonyl (C=O) groups excluding carboxylic acids is 3. The van der Waals surface area contributed by atoms with Crippen molar-refractivity contribution >= 4 is 18.0 Å². The zero-order valence-corrected chi connectivity index (χ0v) is 18.0. The second-order valence-electron chi connectivity index (χ2n) is 10.0. The van der Waals surface area contributed by atoms with Crippen LogP contribution in [0, 0.1) is 22.7 Å². The number of allylic oxidation sites excluding steroid dienone is 4. The van der Waals surface area contributed by atoms with Gasteiger partial charge in [0.05, 0.1) is 0 Å². The third-order valence-corrected chi connectivity index (χ3v) is 8.77. The van der Waals surface area contributed by atoms with E-state index in [1.807, 2.05) is 0 Å². The predicted octanol–water partition coefficient (Wildman–Crippen LogP) is 3.86. The Hall–Kier alpha value is -2.01. The van der Waals surface area contributed by atoms with Gasteiger partial charge in [-0.2, -0.15) is 0 Å². The van der Waals surface area contributed by atoms with Crippen LogP contribution in [0.1, 0.15) is 65.2 Å². The number of ether oxygens (including phenoxy) is 1. The van der Waals surface area contributed by atoms with Gasteiger partial charge in [-0.05, 0) is 56.4 Å². The fourth-order valence-electron chi connectivity index (χ4n) is 6.99. The van der Waals surface area contributed by atoms with Gasteiger partial charge in [0.2, 0.25) is 0 Å². The van der Waals surface area contributed by atoms with E-state index in [0.717, 1.165) is 24.8 Å². The van der Waals surface area contributed by atoms with Crippen molar-refractivity contribution in [1.29, 1.82) is 0 Å². The Kier molecular flexibility index (Phi) is 5.16. The van der Waals surface area contributed by atoms with Gasteiger partial charge in [-0.15, -0.1) is 6.58 Å². The summed E-state index contributed by atoms with van der Waals surface area (Å²) in [6.07, 6.45) is 10.0. The second-order valence-corrected chi connectivity index (χ2v) is 10.0. The highest BCUT2D eigenvalue weighted by molar-refractivity contribution is 5.96. The summed E-state index contributed by atoms with van der Waals surface area (Å²) in [6.45, 7) is 8.30. The van der Waals surface area contributed by atoms with Gasteiger partial charge in [0.1, 0.15) is 5.60 Å². The molecule has 162 valence electrons. The van der Waals surface area contributed by atoms with Crippen LogP contribution in [0.25, 0.3) is 0 Å². The smallest absolute Gasteiger partial charge is 0.293 e. The SMILES string of the molecule is C=CCCC(=O)[C@@]1(O)CC[C@H]2[C@@H]3CCC4=CC(=O)C(OC=O)C[C@]4(C)C3=CC[C@@]21C. The molecule has 0 saturated heterocycles. The first-order valence-electron chi connectivity index (χ1n) is 11.1. The quantitative estimate of drug-likeness (QED) is 0.529. The van der Waals surface area contributed by atoms with Crippen molar-refractivity contribution in [3.8, 4) is 0 Å². The molecule has 4 aliphatic carbocycles. The molecule has 1 unspecified atom stereocenters. The van der Waals surface area contributed by atoms with Crippen molar-refractivity contribution in [1.82, 2.24) is 0 Å². The Labute approximate surface area is 178 Å². The molecule has 4 rings (SSSR count). The van der Waals surface area contributed by atoms with Gasteiger partial charge in [-0.25, -0.2) is 0 Å². The summed E-state index contributed by atoms with van der Waals surface area (Å²) in [4.78, 5) is 36.2. The fraction of sp³-hybridized carbons (Fsp3) is 0.640. The molecule has 0 heterocycles.